The lowest BCUT2D eigenvalue weighted by molar-refractivity contribution is 0.148. The molecule has 0 unspecified atom stereocenters. The van der Waals surface area contributed by atoms with Crippen molar-refractivity contribution in [3.05, 3.63) is 69.3 Å². The van der Waals surface area contributed by atoms with Crippen molar-refractivity contribution in [2.45, 2.75) is 6.54 Å². The zero-order valence-electron chi connectivity index (χ0n) is 14.7. The number of likely N-dealkylation sites (N-methyl/N-ethyl adjacent to an activating group) is 1. The standard InChI is InChI=1S/C21H21ClN2O2/c1-23-8-10-24(11-9-23)14-15-6-7-17-19(25)13-21(26-20(17)12-15)16-4-2-3-5-18(16)22/h2-7,12-13H,8-11,14H2,1H3. The molecule has 1 saturated heterocycles. The number of benzene rings is 2. The summed E-state index contributed by atoms with van der Waals surface area (Å²) in [7, 11) is 2.15. The van der Waals surface area contributed by atoms with Crippen molar-refractivity contribution in [2.24, 2.45) is 0 Å². The van der Waals surface area contributed by atoms with Gasteiger partial charge in [0.05, 0.1) is 10.4 Å². The summed E-state index contributed by atoms with van der Waals surface area (Å²) >= 11 is 6.26. The second-order valence-corrected chi connectivity index (χ2v) is 7.27. The number of nitrogens with zero attached hydrogens (tertiary/aromatic N) is 2. The summed E-state index contributed by atoms with van der Waals surface area (Å²) in [5, 5.41) is 1.17. The van der Waals surface area contributed by atoms with Crippen LogP contribution in [0.1, 0.15) is 5.56 Å². The van der Waals surface area contributed by atoms with Crippen LogP contribution in [0, 0.1) is 0 Å². The molecule has 0 atom stereocenters. The van der Waals surface area contributed by atoms with Gasteiger partial charge in [0.2, 0.25) is 0 Å². The fourth-order valence-corrected chi connectivity index (χ4v) is 3.58. The van der Waals surface area contributed by atoms with Gasteiger partial charge in [-0.05, 0) is 36.9 Å². The Labute approximate surface area is 157 Å². The topological polar surface area (TPSA) is 36.7 Å². The van der Waals surface area contributed by atoms with Gasteiger partial charge in [-0.3, -0.25) is 9.69 Å². The molecule has 2 aromatic carbocycles. The Morgan fingerprint density at radius 3 is 2.58 bits per heavy atom. The van der Waals surface area contributed by atoms with E-state index in [-0.39, 0.29) is 5.43 Å². The van der Waals surface area contributed by atoms with Crippen LogP contribution < -0.4 is 5.43 Å². The van der Waals surface area contributed by atoms with Crippen molar-refractivity contribution in [2.75, 3.05) is 33.2 Å². The molecule has 0 N–H and O–H groups in total. The molecule has 26 heavy (non-hydrogen) atoms. The Morgan fingerprint density at radius 1 is 1.04 bits per heavy atom. The van der Waals surface area contributed by atoms with Crippen molar-refractivity contribution >= 4 is 22.6 Å². The zero-order valence-corrected chi connectivity index (χ0v) is 15.5. The number of hydrogen-bond donors (Lipinski definition) is 0. The first-order chi connectivity index (χ1) is 12.6. The van der Waals surface area contributed by atoms with E-state index in [2.05, 4.69) is 16.8 Å². The third-order valence-electron chi connectivity index (χ3n) is 4.93. The first kappa shape index (κ1) is 17.3. The lowest BCUT2D eigenvalue weighted by Crippen LogP contribution is -2.43. The molecule has 5 heteroatoms. The van der Waals surface area contributed by atoms with Gasteiger partial charge in [0.1, 0.15) is 11.3 Å². The monoisotopic (exact) mass is 368 g/mol. The smallest absolute Gasteiger partial charge is 0.193 e. The molecule has 0 amide bonds. The molecule has 0 bridgehead atoms. The quantitative estimate of drug-likeness (QED) is 0.703. The van der Waals surface area contributed by atoms with E-state index in [0.717, 1.165) is 43.9 Å². The Hall–Kier alpha value is -2.14. The van der Waals surface area contributed by atoms with Crippen LogP contribution in [-0.4, -0.2) is 43.0 Å². The molecular weight excluding hydrogens is 348 g/mol. The molecule has 0 spiro atoms. The molecule has 0 aliphatic carbocycles. The van der Waals surface area contributed by atoms with Crippen LogP contribution in [0.2, 0.25) is 5.02 Å². The molecule has 3 aromatic rings. The van der Waals surface area contributed by atoms with Gasteiger partial charge in [-0.25, -0.2) is 0 Å². The molecule has 0 radical (unpaired) electrons. The number of fused-ring (bicyclic) bond motifs is 1. The van der Waals surface area contributed by atoms with Gasteiger partial charge >= 0.3 is 0 Å². The lowest BCUT2D eigenvalue weighted by atomic mass is 10.1. The molecule has 1 aliphatic heterocycles. The minimum atomic E-state index is -0.0488. The molecule has 134 valence electrons. The van der Waals surface area contributed by atoms with E-state index in [0.29, 0.717) is 21.8 Å². The van der Waals surface area contributed by atoms with Crippen LogP contribution in [0.3, 0.4) is 0 Å². The van der Waals surface area contributed by atoms with E-state index in [1.807, 2.05) is 36.4 Å². The summed E-state index contributed by atoms with van der Waals surface area (Å²) in [6, 6.07) is 14.8. The van der Waals surface area contributed by atoms with Crippen molar-refractivity contribution in [1.29, 1.82) is 0 Å². The van der Waals surface area contributed by atoms with Crippen LogP contribution in [0.15, 0.2) is 57.7 Å². The highest BCUT2D eigenvalue weighted by Crippen LogP contribution is 2.29. The fourth-order valence-electron chi connectivity index (χ4n) is 3.36. The van der Waals surface area contributed by atoms with Crippen molar-refractivity contribution in [3.63, 3.8) is 0 Å². The second-order valence-electron chi connectivity index (χ2n) is 6.86. The average molecular weight is 369 g/mol. The molecule has 2 heterocycles. The Morgan fingerprint density at radius 2 is 1.81 bits per heavy atom. The number of rotatable bonds is 3. The van der Waals surface area contributed by atoms with Crippen LogP contribution >= 0.6 is 11.6 Å². The molecular formula is C21H21ClN2O2. The number of hydrogen-bond acceptors (Lipinski definition) is 4. The molecule has 1 fully saturated rings. The minimum Gasteiger partial charge on any atom is -0.456 e. The number of halogens is 1. The van der Waals surface area contributed by atoms with Gasteiger partial charge in [0.25, 0.3) is 0 Å². The van der Waals surface area contributed by atoms with Crippen molar-refractivity contribution < 1.29 is 4.42 Å². The summed E-state index contributed by atoms with van der Waals surface area (Å²) in [4.78, 5) is 17.3. The van der Waals surface area contributed by atoms with Gasteiger partial charge in [0.15, 0.2) is 5.43 Å². The van der Waals surface area contributed by atoms with Crippen LogP contribution in [0.4, 0.5) is 0 Å². The van der Waals surface area contributed by atoms with Crippen LogP contribution in [0.25, 0.3) is 22.3 Å². The third-order valence-corrected chi connectivity index (χ3v) is 5.26. The summed E-state index contributed by atoms with van der Waals surface area (Å²) in [6.45, 7) is 5.14. The Bertz CT molecular complexity index is 991. The molecule has 1 aromatic heterocycles. The van der Waals surface area contributed by atoms with Crippen LogP contribution in [0.5, 0.6) is 0 Å². The maximum atomic E-state index is 12.5. The highest BCUT2D eigenvalue weighted by molar-refractivity contribution is 6.33. The summed E-state index contributed by atoms with van der Waals surface area (Å²) in [5.41, 5.74) is 2.45. The van der Waals surface area contributed by atoms with Gasteiger partial charge < -0.3 is 9.32 Å². The SMILES string of the molecule is CN1CCN(Cc2ccc3c(=O)cc(-c4ccccc4Cl)oc3c2)CC1. The molecule has 1 aliphatic rings. The van der Waals surface area contributed by atoms with Crippen molar-refractivity contribution in [1.82, 2.24) is 9.80 Å². The highest BCUT2D eigenvalue weighted by atomic mass is 35.5. The van der Waals surface area contributed by atoms with Crippen molar-refractivity contribution in [3.8, 4) is 11.3 Å². The van der Waals surface area contributed by atoms with E-state index in [9.17, 15) is 4.79 Å². The van der Waals surface area contributed by atoms with Gasteiger partial charge in [0, 0.05) is 44.4 Å². The Balaban J connectivity index is 1.68. The maximum absolute atomic E-state index is 12.5. The predicted octanol–water partition coefficient (Wildman–Crippen LogP) is 3.86. The summed E-state index contributed by atoms with van der Waals surface area (Å²) in [5.74, 6) is 0.504. The molecule has 0 saturated carbocycles. The van der Waals surface area contributed by atoms with Crippen LogP contribution in [-0.2, 0) is 6.54 Å². The van der Waals surface area contributed by atoms with E-state index in [1.165, 1.54) is 6.07 Å². The largest absolute Gasteiger partial charge is 0.456 e. The third kappa shape index (κ3) is 3.54. The second kappa shape index (κ2) is 7.23. The lowest BCUT2D eigenvalue weighted by Gasteiger charge is -2.32. The molecule has 4 nitrogen and oxygen atoms in total. The fraction of sp³-hybridized carbons (Fsp3) is 0.286. The average Bonchev–Trinajstić information content (AvgIpc) is 2.64. The number of piperazine rings is 1. The van der Waals surface area contributed by atoms with E-state index >= 15 is 0 Å². The van der Waals surface area contributed by atoms with E-state index < -0.39 is 0 Å². The normalized spacial score (nSPS) is 16.2. The van der Waals surface area contributed by atoms with E-state index in [4.69, 9.17) is 16.0 Å². The zero-order chi connectivity index (χ0) is 18.1. The maximum Gasteiger partial charge on any atom is 0.193 e. The first-order valence-corrected chi connectivity index (χ1v) is 9.20. The summed E-state index contributed by atoms with van der Waals surface area (Å²) in [6.07, 6.45) is 0. The van der Waals surface area contributed by atoms with Gasteiger partial charge in [-0.1, -0.05) is 29.8 Å². The summed E-state index contributed by atoms with van der Waals surface area (Å²) < 4.78 is 6.05. The van der Waals surface area contributed by atoms with E-state index in [1.54, 1.807) is 6.07 Å². The molecule has 4 rings (SSSR count). The van der Waals surface area contributed by atoms with Gasteiger partial charge in [-0.15, -0.1) is 0 Å². The highest BCUT2D eigenvalue weighted by Gasteiger charge is 2.15. The predicted molar refractivity (Wildman–Crippen MR) is 106 cm³/mol. The minimum absolute atomic E-state index is 0.0488. The van der Waals surface area contributed by atoms with Gasteiger partial charge in [-0.2, -0.15) is 0 Å². The Kier molecular flexibility index (Phi) is 4.81. The first-order valence-electron chi connectivity index (χ1n) is 8.83.